The summed E-state index contributed by atoms with van der Waals surface area (Å²) in [6.45, 7) is 7.14. The Hall–Kier alpha value is -3.61. The van der Waals surface area contributed by atoms with Crippen LogP contribution in [0.5, 0.6) is 11.5 Å². The van der Waals surface area contributed by atoms with E-state index in [0.717, 1.165) is 28.2 Å². The highest BCUT2D eigenvalue weighted by molar-refractivity contribution is 5.87. The summed E-state index contributed by atoms with van der Waals surface area (Å²) >= 11 is 0. The third kappa shape index (κ3) is 3.60. The molecular weight excluding hydrogens is 454 g/mol. The van der Waals surface area contributed by atoms with E-state index in [1.807, 2.05) is 78.7 Å². The number of aryl methyl sites for hydroxylation is 1. The van der Waals surface area contributed by atoms with Crippen LogP contribution in [0.2, 0.25) is 0 Å². The Bertz CT molecular complexity index is 1490. The summed E-state index contributed by atoms with van der Waals surface area (Å²) in [6, 6.07) is 21.3. The normalized spacial score (nSPS) is 20.6. The van der Waals surface area contributed by atoms with Gasteiger partial charge in [0.25, 0.3) is 0 Å². The van der Waals surface area contributed by atoms with Gasteiger partial charge in [-0.2, -0.15) is 5.06 Å². The lowest BCUT2D eigenvalue weighted by Gasteiger charge is -2.33. The number of rotatable bonds is 4. The number of hydroxylamine groups is 2. The van der Waals surface area contributed by atoms with Gasteiger partial charge in [0.05, 0.1) is 41.9 Å². The van der Waals surface area contributed by atoms with Crippen LogP contribution in [0.25, 0.3) is 22.1 Å². The molecule has 0 saturated carbocycles. The van der Waals surface area contributed by atoms with Gasteiger partial charge in [-0.05, 0) is 56.2 Å². The maximum atomic E-state index is 13.7. The zero-order chi connectivity index (χ0) is 25.0. The van der Waals surface area contributed by atoms with Crippen LogP contribution in [0.1, 0.15) is 36.8 Å². The molecule has 0 N–H and O–H groups in total. The van der Waals surface area contributed by atoms with E-state index in [9.17, 15) is 4.79 Å². The van der Waals surface area contributed by atoms with Gasteiger partial charge >= 0.3 is 0 Å². The van der Waals surface area contributed by atoms with E-state index in [2.05, 4.69) is 13.8 Å². The van der Waals surface area contributed by atoms with Crippen LogP contribution < -0.4 is 14.9 Å². The molecule has 6 heteroatoms. The summed E-state index contributed by atoms with van der Waals surface area (Å²) in [5.41, 5.74) is 3.51. The van der Waals surface area contributed by atoms with Crippen LogP contribution in [0.15, 0.2) is 75.9 Å². The van der Waals surface area contributed by atoms with E-state index in [4.69, 9.17) is 18.7 Å². The van der Waals surface area contributed by atoms with Gasteiger partial charge in [0.1, 0.15) is 22.8 Å². The molecule has 4 aromatic rings. The van der Waals surface area contributed by atoms with Crippen LogP contribution in [0.3, 0.4) is 0 Å². The van der Waals surface area contributed by atoms with Crippen molar-refractivity contribution in [2.45, 2.75) is 39.0 Å². The van der Waals surface area contributed by atoms with Gasteiger partial charge in [-0.1, -0.05) is 42.5 Å². The Kier molecular flexibility index (Phi) is 5.39. The minimum Gasteiger partial charge on any atom is -0.497 e. The highest BCUT2D eigenvalue weighted by atomic mass is 16.7. The van der Waals surface area contributed by atoms with Crippen molar-refractivity contribution in [2.24, 2.45) is 5.92 Å². The molecule has 0 unspecified atom stereocenters. The van der Waals surface area contributed by atoms with Crippen LogP contribution >= 0.6 is 0 Å². The fraction of sp³-hybridized carbons (Fsp3) is 0.300. The summed E-state index contributed by atoms with van der Waals surface area (Å²) in [5, 5.41) is 2.57. The molecule has 6 nitrogen and oxygen atoms in total. The fourth-order valence-electron chi connectivity index (χ4n) is 5.58. The van der Waals surface area contributed by atoms with Crippen molar-refractivity contribution in [3.8, 4) is 22.6 Å². The Labute approximate surface area is 210 Å². The summed E-state index contributed by atoms with van der Waals surface area (Å²) in [4.78, 5) is 20.2. The molecule has 6 rings (SSSR count). The third-order valence-corrected chi connectivity index (χ3v) is 7.45. The third-order valence-electron chi connectivity index (χ3n) is 7.45. The number of hydrogen-bond acceptors (Lipinski definition) is 6. The molecule has 184 valence electrons. The van der Waals surface area contributed by atoms with Gasteiger partial charge in [-0.3, -0.25) is 9.63 Å². The van der Waals surface area contributed by atoms with E-state index in [0.29, 0.717) is 35.4 Å². The largest absolute Gasteiger partial charge is 0.497 e. The van der Waals surface area contributed by atoms with E-state index in [1.54, 1.807) is 7.11 Å². The standard InChI is InChI=1S/C30H29NO5/c1-18-25(20-8-6-5-7-9-20)28(32)22-14-15-24-26(29(22)35-18)27-23(17-34-24)30(2,3)36-31(27)16-19-10-12-21(33-4)13-11-19/h5-15,23,27H,16-17H2,1-4H3/t23-,27-/m0/s1. The summed E-state index contributed by atoms with van der Waals surface area (Å²) < 4.78 is 18.0. The Morgan fingerprint density at radius 1 is 1.03 bits per heavy atom. The monoisotopic (exact) mass is 483 g/mol. The number of methoxy groups -OCH3 is 1. The molecule has 0 bridgehead atoms. The van der Waals surface area contributed by atoms with Crippen molar-refractivity contribution < 1.29 is 18.7 Å². The van der Waals surface area contributed by atoms with Crippen molar-refractivity contribution in [1.29, 1.82) is 0 Å². The van der Waals surface area contributed by atoms with Crippen LogP contribution in [-0.2, 0) is 11.4 Å². The van der Waals surface area contributed by atoms with Gasteiger partial charge in [-0.25, -0.2) is 0 Å². The van der Waals surface area contributed by atoms with Gasteiger partial charge in [0.15, 0.2) is 0 Å². The van der Waals surface area contributed by atoms with Crippen LogP contribution in [0.4, 0.5) is 0 Å². The molecule has 0 aliphatic carbocycles. The predicted octanol–water partition coefficient (Wildman–Crippen LogP) is 6.05. The van der Waals surface area contributed by atoms with E-state index < -0.39 is 5.60 Å². The quantitative estimate of drug-likeness (QED) is 0.352. The molecule has 0 amide bonds. The second-order valence-electron chi connectivity index (χ2n) is 10.1. The highest BCUT2D eigenvalue weighted by Gasteiger charge is 2.53. The fourth-order valence-corrected chi connectivity index (χ4v) is 5.58. The molecule has 2 aliphatic rings. The van der Waals surface area contributed by atoms with Crippen LogP contribution in [-0.4, -0.2) is 24.4 Å². The number of ether oxygens (including phenoxy) is 2. The van der Waals surface area contributed by atoms with Crippen molar-refractivity contribution in [2.75, 3.05) is 13.7 Å². The molecule has 36 heavy (non-hydrogen) atoms. The molecular formula is C30H29NO5. The number of hydrogen-bond donors (Lipinski definition) is 0. The van der Waals surface area contributed by atoms with Crippen molar-refractivity contribution in [3.63, 3.8) is 0 Å². The second kappa shape index (κ2) is 8.50. The zero-order valence-electron chi connectivity index (χ0n) is 20.9. The Balaban J connectivity index is 1.50. The predicted molar refractivity (Wildman–Crippen MR) is 138 cm³/mol. The molecule has 3 aromatic carbocycles. The minimum absolute atomic E-state index is 0.0373. The maximum absolute atomic E-state index is 13.7. The first-order valence-corrected chi connectivity index (χ1v) is 12.2. The van der Waals surface area contributed by atoms with E-state index in [1.165, 1.54) is 0 Å². The van der Waals surface area contributed by atoms with Crippen molar-refractivity contribution >= 4 is 11.0 Å². The number of benzene rings is 3. The van der Waals surface area contributed by atoms with Crippen molar-refractivity contribution in [3.05, 3.63) is 93.8 Å². The average molecular weight is 484 g/mol. The highest BCUT2D eigenvalue weighted by Crippen LogP contribution is 2.53. The van der Waals surface area contributed by atoms with Gasteiger partial charge < -0.3 is 13.9 Å². The lowest BCUT2D eigenvalue weighted by atomic mass is 9.80. The number of nitrogens with zero attached hydrogens (tertiary/aromatic N) is 1. The maximum Gasteiger partial charge on any atom is 0.200 e. The lowest BCUT2D eigenvalue weighted by molar-refractivity contribution is -0.201. The topological polar surface area (TPSA) is 61.1 Å². The van der Waals surface area contributed by atoms with Crippen LogP contribution in [0, 0.1) is 12.8 Å². The molecule has 1 saturated heterocycles. The first kappa shape index (κ1) is 22.8. The molecule has 0 radical (unpaired) electrons. The lowest BCUT2D eigenvalue weighted by Crippen LogP contribution is -2.37. The first-order valence-electron chi connectivity index (χ1n) is 12.2. The molecule has 2 atom stereocenters. The zero-order valence-corrected chi connectivity index (χ0v) is 20.9. The SMILES string of the molecule is COc1ccc(CN2OC(C)(C)[C@H]3COc4ccc5c(=O)c(-c6ccccc6)c(C)oc5c4[C@H]32)cc1. The summed E-state index contributed by atoms with van der Waals surface area (Å²) in [5.74, 6) is 2.20. The molecule has 0 spiro atoms. The number of fused-ring (bicyclic) bond motifs is 5. The van der Waals surface area contributed by atoms with Crippen molar-refractivity contribution in [1.82, 2.24) is 5.06 Å². The summed E-state index contributed by atoms with van der Waals surface area (Å²) in [6.07, 6.45) is 0. The molecule has 1 aromatic heterocycles. The summed E-state index contributed by atoms with van der Waals surface area (Å²) in [7, 11) is 1.66. The smallest absolute Gasteiger partial charge is 0.200 e. The van der Waals surface area contributed by atoms with E-state index >= 15 is 0 Å². The second-order valence-corrected chi connectivity index (χ2v) is 10.1. The molecule has 2 aliphatic heterocycles. The van der Waals surface area contributed by atoms with E-state index in [-0.39, 0.29) is 17.4 Å². The molecule has 1 fully saturated rings. The van der Waals surface area contributed by atoms with Gasteiger partial charge in [-0.15, -0.1) is 0 Å². The van der Waals surface area contributed by atoms with Gasteiger partial charge in [0.2, 0.25) is 5.43 Å². The average Bonchev–Trinajstić information content (AvgIpc) is 3.14. The Morgan fingerprint density at radius 3 is 2.50 bits per heavy atom. The minimum atomic E-state index is -0.448. The van der Waals surface area contributed by atoms with Gasteiger partial charge in [0, 0.05) is 12.5 Å². The molecule has 3 heterocycles. The first-order chi connectivity index (χ1) is 17.4. The Morgan fingerprint density at radius 2 is 1.78 bits per heavy atom.